The van der Waals surface area contributed by atoms with Crippen LogP contribution in [0.3, 0.4) is 0 Å². The van der Waals surface area contributed by atoms with Crippen molar-refractivity contribution in [1.29, 1.82) is 5.26 Å². The molecule has 0 amide bonds. The van der Waals surface area contributed by atoms with Crippen LogP contribution in [0.2, 0.25) is 0 Å². The summed E-state index contributed by atoms with van der Waals surface area (Å²) in [6.07, 6.45) is 0.579. The normalized spacial score (nSPS) is 13.2. The molecule has 2 atom stereocenters. The fourth-order valence-corrected chi connectivity index (χ4v) is 2.56. The van der Waals surface area contributed by atoms with Gasteiger partial charge in [0.25, 0.3) is 0 Å². The molecule has 6 nitrogen and oxygen atoms in total. The highest BCUT2D eigenvalue weighted by atomic mass is 16.3. The molecule has 2 unspecified atom stereocenters. The molecular formula is C19H18N4O2. The average molecular weight is 334 g/mol. The zero-order valence-corrected chi connectivity index (χ0v) is 13.5. The van der Waals surface area contributed by atoms with Crippen LogP contribution in [0.1, 0.15) is 34.6 Å². The number of aliphatic hydroxyl groups is 2. The molecule has 0 bridgehead atoms. The highest BCUT2D eigenvalue weighted by molar-refractivity contribution is 5.32. The van der Waals surface area contributed by atoms with Gasteiger partial charge in [-0.15, -0.1) is 5.10 Å². The summed E-state index contributed by atoms with van der Waals surface area (Å²) in [5.74, 6) is 0. The third-order valence-corrected chi connectivity index (χ3v) is 3.95. The maximum atomic E-state index is 10.3. The summed E-state index contributed by atoms with van der Waals surface area (Å²) in [5.41, 5.74) is 2.72. The van der Waals surface area contributed by atoms with Gasteiger partial charge in [-0.2, -0.15) is 5.26 Å². The number of benzene rings is 2. The van der Waals surface area contributed by atoms with Crippen molar-refractivity contribution in [2.24, 2.45) is 0 Å². The Hall–Kier alpha value is -3.01. The van der Waals surface area contributed by atoms with Gasteiger partial charge in [0, 0.05) is 6.42 Å². The van der Waals surface area contributed by atoms with Crippen molar-refractivity contribution < 1.29 is 10.2 Å². The number of aliphatic hydroxyl groups excluding tert-OH is 2. The third kappa shape index (κ3) is 4.29. The maximum absolute atomic E-state index is 10.3. The van der Waals surface area contributed by atoms with E-state index in [0.717, 1.165) is 5.56 Å². The third-order valence-electron chi connectivity index (χ3n) is 3.95. The Morgan fingerprint density at radius 3 is 2.40 bits per heavy atom. The summed E-state index contributed by atoms with van der Waals surface area (Å²) < 4.78 is 1.51. The lowest BCUT2D eigenvalue weighted by Crippen LogP contribution is -2.09. The van der Waals surface area contributed by atoms with Gasteiger partial charge in [0.2, 0.25) is 0 Å². The van der Waals surface area contributed by atoms with Gasteiger partial charge in [-0.25, -0.2) is 4.68 Å². The first-order valence-electron chi connectivity index (χ1n) is 7.96. The van der Waals surface area contributed by atoms with Gasteiger partial charge >= 0.3 is 0 Å². The number of nitriles is 1. The van der Waals surface area contributed by atoms with E-state index in [1.165, 1.54) is 4.68 Å². The predicted octanol–water partition coefficient (Wildman–Crippen LogP) is 2.16. The Bertz CT molecular complexity index is 853. The van der Waals surface area contributed by atoms with Gasteiger partial charge in [-0.05, 0) is 23.3 Å². The first-order valence-corrected chi connectivity index (χ1v) is 7.96. The molecule has 2 aromatic carbocycles. The van der Waals surface area contributed by atoms with Crippen LogP contribution in [-0.2, 0) is 13.0 Å². The smallest absolute Gasteiger partial charge is 0.112 e. The van der Waals surface area contributed by atoms with Gasteiger partial charge in [0.05, 0.1) is 30.5 Å². The molecule has 6 heteroatoms. The molecule has 0 aliphatic rings. The first kappa shape index (κ1) is 16.8. The number of rotatable bonds is 6. The van der Waals surface area contributed by atoms with Crippen LogP contribution in [-0.4, -0.2) is 25.2 Å². The van der Waals surface area contributed by atoms with Crippen molar-refractivity contribution >= 4 is 0 Å². The molecule has 0 aliphatic carbocycles. The standard InChI is InChI=1S/C19H18N4O2/c20-11-15-6-8-16(9-7-15)19(25)13-23-12-17(21-22-23)18(24)10-14-4-2-1-3-5-14/h1-9,12,18-19,24-25H,10,13H2. The van der Waals surface area contributed by atoms with Crippen molar-refractivity contribution in [1.82, 2.24) is 15.0 Å². The Labute approximate surface area is 145 Å². The number of nitrogens with zero attached hydrogens (tertiary/aromatic N) is 4. The zero-order chi connectivity index (χ0) is 17.6. The Balaban J connectivity index is 1.63. The van der Waals surface area contributed by atoms with Crippen LogP contribution in [0.5, 0.6) is 0 Å². The molecule has 3 rings (SSSR count). The van der Waals surface area contributed by atoms with E-state index < -0.39 is 12.2 Å². The molecule has 0 aliphatic heterocycles. The number of hydrogen-bond acceptors (Lipinski definition) is 5. The van der Waals surface area contributed by atoms with Crippen LogP contribution in [0.25, 0.3) is 0 Å². The second kappa shape index (κ2) is 7.71. The van der Waals surface area contributed by atoms with Crippen LogP contribution in [0, 0.1) is 11.3 Å². The number of hydrogen-bond donors (Lipinski definition) is 2. The Morgan fingerprint density at radius 2 is 1.72 bits per heavy atom. The molecule has 2 N–H and O–H groups in total. The summed E-state index contributed by atoms with van der Waals surface area (Å²) in [4.78, 5) is 0. The summed E-state index contributed by atoms with van der Waals surface area (Å²) >= 11 is 0. The van der Waals surface area contributed by atoms with E-state index in [9.17, 15) is 10.2 Å². The monoisotopic (exact) mass is 334 g/mol. The first-order chi connectivity index (χ1) is 12.2. The van der Waals surface area contributed by atoms with Crippen molar-refractivity contribution in [3.8, 4) is 6.07 Å². The van der Waals surface area contributed by atoms with E-state index >= 15 is 0 Å². The highest BCUT2D eigenvalue weighted by Gasteiger charge is 2.15. The summed E-state index contributed by atoms with van der Waals surface area (Å²) in [6.45, 7) is 0.219. The second-order valence-electron chi connectivity index (χ2n) is 5.82. The molecular weight excluding hydrogens is 316 g/mol. The van der Waals surface area contributed by atoms with E-state index in [1.807, 2.05) is 36.4 Å². The molecule has 126 valence electrons. The molecule has 0 spiro atoms. The van der Waals surface area contributed by atoms with Gasteiger partial charge in [0.15, 0.2) is 0 Å². The predicted molar refractivity (Wildman–Crippen MR) is 91.2 cm³/mol. The number of aromatic nitrogens is 3. The quantitative estimate of drug-likeness (QED) is 0.720. The molecule has 1 heterocycles. The lowest BCUT2D eigenvalue weighted by molar-refractivity contribution is 0.150. The van der Waals surface area contributed by atoms with E-state index in [-0.39, 0.29) is 6.54 Å². The van der Waals surface area contributed by atoms with E-state index in [0.29, 0.717) is 23.2 Å². The molecule has 1 aromatic heterocycles. The average Bonchev–Trinajstić information content (AvgIpc) is 3.11. The SMILES string of the molecule is N#Cc1ccc(C(O)Cn2cc(C(O)Cc3ccccc3)nn2)cc1. The minimum absolute atomic E-state index is 0.219. The van der Waals surface area contributed by atoms with Crippen LogP contribution in [0.4, 0.5) is 0 Å². The molecule has 25 heavy (non-hydrogen) atoms. The molecule has 0 saturated carbocycles. The largest absolute Gasteiger partial charge is 0.386 e. The van der Waals surface area contributed by atoms with Crippen molar-refractivity contribution in [3.63, 3.8) is 0 Å². The fraction of sp³-hybridized carbons (Fsp3) is 0.211. The molecule has 0 radical (unpaired) electrons. The Kier molecular flexibility index (Phi) is 5.19. The lowest BCUT2D eigenvalue weighted by atomic mass is 10.1. The van der Waals surface area contributed by atoms with Gasteiger partial charge in [-0.3, -0.25) is 0 Å². The van der Waals surface area contributed by atoms with Crippen molar-refractivity contribution in [2.45, 2.75) is 25.2 Å². The van der Waals surface area contributed by atoms with Gasteiger partial charge < -0.3 is 10.2 Å². The topological polar surface area (TPSA) is 95.0 Å². The summed E-state index contributed by atoms with van der Waals surface area (Å²) in [7, 11) is 0. The molecule has 0 fully saturated rings. The highest BCUT2D eigenvalue weighted by Crippen LogP contribution is 2.18. The fourth-order valence-electron chi connectivity index (χ4n) is 2.56. The van der Waals surface area contributed by atoms with E-state index in [2.05, 4.69) is 10.3 Å². The van der Waals surface area contributed by atoms with E-state index in [1.54, 1.807) is 30.5 Å². The Morgan fingerprint density at radius 1 is 1.00 bits per heavy atom. The van der Waals surface area contributed by atoms with Crippen LogP contribution in [0.15, 0.2) is 60.8 Å². The summed E-state index contributed by atoms with van der Waals surface area (Å²) in [6, 6.07) is 18.5. The minimum atomic E-state index is -0.770. The van der Waals surface area contributed by atoms with E-state index in [4.69, 9.17) is 5.26 Å². The molecule has 0 saturated heterocycles. The van der Waals surface area contributed by atoms with Crippen molar-refractivity contribution in [2.75, 3.05) is 0 Å². The van der Waals surface area contributed by atoms with Crippen molar-refractivity contribution in [3.05, 3.63) is 83.2 Å². The minimum Gasteiger partial charge on any atom is -0.386 e. The maximum Gasteiger partial charge on any atom is 0.112 e. The molecule has 3 aromatic rings. The zero-order valence-electron chi connectivity index (χ0n) is 13.5. The second-order valence-corrected chi connectivity index (χ2v) is 5.82. The van der Waals surface area contributed by atoms with Gasteiger partial charge in [0.1, 0.15) is 11.8 Å². The lowest BCUT2D eigenvalue weighted by Gasteiger charge is -2.10. The van der Waals surface area contributed by atoms with Gasteiger partial charge in [-0.1, -0.05) is 47.7 Å². The van der Waals surface area contributed by atoms with Crippen LogP contribution < -0.4 is 0 Å². The van der Waals surface area contributed by atoms with Crippen LogP contribution >= 0.6 is 0 Å². The summed E-state index contributed by atoms with van der Waals surface area (Å²) in [5, 5.41) is 37.3.